The number of carbonyl (C=O) groups is 2. The van der Waals surface area contributed by atoms with Gasteiger partial charge in [0.2, 0.25) is 0 Å². The van der Waals surface area contributed by atoms with Crippen LogP contribution < -0.4 is 9.47 Å². The number of rotatable bonds is 11. The van der Waals surface area contributed by atoms with Crippen molar-refractivity contribution in [1.82, 2.24) is 0 Å². The van der Waals surface area contributed by atoms with E-state index in [0.29, 0.717) is 29.9 Å². The van der Waals surface area contributed by atoms with Crippen molar-refractivity contribution in [2.24, 2.45) is 0 Å². The number of esters is 1. The first-order valence-electron chi connectivity index (χ1n) is 11.1. The van der Waals surface area contributed by atoms with Crippen molar-refractivity contribution in [1.29, 1.82) is 0 Å². The monoisotopic (exact) mass is 418 g/mol. The standard InChI is InChI=1S/C27H30O4/c1-3-5-6-7-10-19-30-26-18-17-24(22-11-8-9-12-23(22)26)27(29)31-21-15-13-20(14-16-21)25(28)4-2/h8-9,11-18H,3-7,10,19H2,1-2H3. The molecule has 0 aliphatic heterocycles. The summed E-state index contributed by atoms with van der Waals surface area (Å²) in [6.45, 7) is 4.69. The van der Waals surface area contributed by atoms with Gasteiger partial charge >= 0.3 is 5.97 Å². The number of Topliss-reactive ketones (excluding diaryl/α,β-unsaturated/α-hetero) is 1. The Morgan fingerprint density at radius 2 is 1.48 bits per heavy atom. The molecule has 0 bridgehead atoms. The number of fused-ring (bicyclic) bond motifs is 1. The van der Waals surface area contributed by atoms with Crippen LogP contribution in [0.15, 0.2) is 60.7 Å². The summed E-state index contributed by atoms with van der Waals surface area (Å²) >= 11 is 0. The summed E-state index contributed by atoms with van der Waals surface area (Å²) in [4.78, 5) is 24.6. The molecule has 0 spiro atoms. The number of ether oxygens (including phenoxy) is 2. The van der Waals surface area contributed by atoms with Crippen molar-refractivity contribution in [3.63, 3.8) is 0 Å². The molecule has 0 aromatic heterocycles. The number of hydrogen-bond donors (Lipinski definition) is 0. The van der Waals surface area contributed by atoms with Crippen LogP contribution in [-0.4, -0.2) is 18.4 Å². The van der Waals surface area contributed by atoms with E-state index in [0.717, 1.165) is 22.9 Å². The molecule has 3 rings (SSSR count). The quantitative estimate of drug-likeness (QED) is 0.146. The van der Waals surface area contributed by atoms with E-state index in [1.54, 1.807) is 30.3 Å². The van der Waals surface area contributed by atoms with Gasteiger partial charge in [-0.2, -0.15) is 0 Å². The molecule has 3 aromatic rings. The van der Waals surface area contributed by atoms with E-state index in [4.69, 9.17) is 9.47 Å². The highest BCUT2D eigenvalue weighted by Gasteiger charge is 2.15. The van der Waals surface area contributed by atoms with Crippen LogP contribution in [-0.2, 0) is 0 Å². The van der Waals surface area contributed by atoms with Crippen molar-refractivity contribution < 1.29 is 19.1 Å². The van der Waals surface area contributed by atoms with Crippen LogP contribution in [0.25, 0.3) is 10.8 Å². The van der Waals surface area contributed by atoms with Gasteiger partial charge in [-0.05, 0) is 48.2 Å². The molecule has 3 aromatic carbocycles. The van der Waals surface area contributed by atoms with Crippen LogP contribution in [0.3, 0.4) is 0 Å². The molecule has 0 fully saturated rings. The summed E-state index contributed by atoms with van der Waals surface area (Å²) in [5.74, 6) is 0.820. The Balaban J connectivity index is 1.72. The summed E-state index contributed by atoms with van der Waals surface area (Å²) in [5, 5.41) is 1.70. The Morgan fingerprint density at radius 3 is 2.19 bits per heavy atom. The van der Waals surface area contributed by atoms with Crippen LogP contribution in [0, 0.1) is 0 Å². The van der Waals surface area contributed by atoms with Gasteiger partial charge in [0.1, 0.15) is 11.5 Å². The molecule has 162 valence electrons. The molecule has 0 saturated heterocycles. The average Bonchev–Trinajstić information content (AvgIpc) is 2.81. The Hall–Kier alpha value is -3.14. The number of carbonyl (C=O) groups excluding carboxylic acids is 2. The van der Waals surface area contributed by atoms with Crippen LogP contribution in [0.2, 0.25) is 0 Å². The first-order chi connectivity index (χ1) is 15.1. The van der Waals surface area contributed by atoms with Crippen LogP contribution in [0.4, 0.5) is 0 Å². The Morgan fingerprint density at radius 1 is 0.774 bits per heavy atom. The van der Waals surface area contributed by atoms with E-state index >= 15 is 0 Å². The lowest BCUT2D eigenvalue weighted by Crippen LogP contribution is -2.10. The minimum Gasteiger partial charge on any atom is -0.493 e. The van der Waals surface area contributed by atoms with Crippen molar-refractivity contribution >= 4 is 22.5 Å². The van der Waals surface area contributed by atoms with Crippen molar-refractivity contribution in [2.45, 2.75) is 52.4 Å². The molecule has 0 radical (unpaired) electrons. The predicted molar refractivity (Wildman–Crippen MR) is 124 cm³/mol. The SMILES string of the molecule is CCCCCCCOc1ccc(C(=O)Oc2ccc(C(=O)CC)cc2)c2ccccc12. The normalized spacial score (nSPS) is 10.8. The minimum atomic E-state index is -0.433. The number of benzene rings is 3. The fourth-order valence-electron chi connectivity index (χ4n) is 3.54. The molecule has 0 saturated carbocycles. The van der Waals surface area contributed by atoms with Gasteiger partial charge in [0.25, 0.3) is 0 Å². The minimum absolute atomic E-state index is 0.0600. The van der Waals surface area contributed by atoms with Crippen LogP contribution >= 0.6 is 0 Å². The van der Waals surface area contributed by atoms with E-state index in [2.05, 4.69) is 6.92 Å². The number of ketones is 1. The molecule has 0 heterocycles. The summed E-state index contributed by atoms with van der Waals surface area (Å²) in [5.41, 5.74) is 1.10. The summed E-state index contributed by atoms with van der Waals surface area (Å²) < 4.78 is 11.6. The number of hydrogen-bond acceptors (Lipinski definition) is 4. The van der Waals surface area contributed by atoms with E-state index < -0.39 is 5.97 Å². The van der Waals surface area contributed by atoms with Gasteiger partial charge < -0.3 is 9.47 Å². The van der Waals surface area contributed by atoms with Gasteiger partial charge in [0.05, 0.1) is 12.2 Å². The first kappa shape index (κ1) is 22.5. The van der Waals surface area contributed by atoms with Crippen molar-refractivity contribution in [2.75, 3.05) is 6.61 Å². The van der Waals surface area contributed by atoms with Crippen molar-refractivity contribution in [3.05, 3.63) is 71.8 Å². The van der Waals surface area contributed by atoms with Crippen LogP contribution in [0.5, 0.6) is 11.5 Å². The van der Waals surface area contributed by atoms with Gasteiger partial charge in [-0.25, -0.2) is 4.79 Å². The Kier molecular flexibility index (Phi) is 8.22. The summed E-state index contributed by atoms with van der Waals surface area (Å²) in [6, 6.07) is 18.0. The zero-order valence-corrected chi connectivity index (χ0v) is 18.4. The maximum Gasteiger partial charge on any atom is 0.344 e. The van der Waals surface area contributed by atoms with E-state index in [9.17, 15) is 9.59 Å². The second-order valence-corrected chi connectivity index (χ2v) is 7.61. The van der Waals surface area contributed by atoms with Crippen LogP contribution in [0.1, 0.15) is 73.1 Å². The van der Waals surface area contributed by atoms with Crippen molar-refractivity contribution in [3.8, 4) is 11.5 Å². The Labute approximate surface area is 184 Å². The highest BCUT2D eigenvalue weighted by Crippen LogP contribution is 2.30. The zero-order chi connectivity index (χ0) is 22.1. The van der Waals surface area contributed by atoms with Gasteiger partial charge in [-0.1, -0.05) is 63.8 Å². The third-order valence-corrected chi connectivity index (χ3v) is 5.32. The lowest BCUT2D eigenvalue weighted by atomic mass is 10.0. The molecular weight excluding hydrogens is 388 g/mol. The highest BCUT2D eigenvalue weighted by molar-refractivity contribution is 6.07. The maximum atomic E-state index is 12.8. The second-order valence-electron chi connectivity index (χ2n) is 7.61. The molecule has 4 nitrogen and oxygen atoms in total. The molecular formula is C27H30O4. The summed E-state index contributed by atoms with van der Waals surface area (Å²) in [6.07, 6.45) is 6.35. The summed E-state index contributed by atoms with van der Waals surface area (Å²) in [7, 11) is 0. The molecule has 31 heavy (non-hydrogen) atoms. The predicted octanol–water partition coefficient (Wildman–Crippen LogP) is 7.00. The lowest BCUT2D eigenvalue weighted by Gasteiger charge is -2.12. The third kappa shape index (κ3) is 5.94. The molecule has 0 atom stereocenters. The lowest BCUT2D eigenvalue weighted by molar-refractivity contribution is 0.0736. The first-order valence-corrected chi connectivity index (χ1v) is 11.1. The fourth-order valence-corrected chi connectivity index (χ4v) is 3.54. The third-order valence-electron chi connectivity index (χ3n) is 5.32. The number of unbranched alkanes of at least 4 members (excludes halogenated alkanes) is 4. The van der Waals surface area contributed by atoms with Gasteiger partial charge in [-0.15, -0.1) is 0 Å². The Bertz CT molecular complexity index is 1020. The molecule has 4 heteroatoms. The fraction of sp³-hybridized carbons (Fsp3) is 0.333. The van der Waals surface area contributed by atoms with E-state index in [1.165, 1.54) is 25.7 Å². The highest BCUT2D eigenvalue weighted by atomic mass is 16.5. The van der Waals surface area contributed by atoms with E-state index in [-0.39, 0.29) is 5.78 Å². The molecule has 0 aliphatic carbocycles. The average molecular weight is 419 g/mol. The largest absolute Gasteiger partial charge is 0.493 e. The molecule has 0 aliphatic rings. The van der Waals surface area contributed by atoms with Gasteiger partial charge in [-0.3, -0.25) is 4.79 Å². The molecule has 0 amide bonds. The van der Waals surface area contributed by atoms with Gasteiger partial charge in [0, 0.05) is 17.4 Å². The zero-order valence-electron chi connectivity index (χ0n) is 18.4. The molecule has 0 unspecified atom stereocenters. The van der Waals surface area contributed by atoms with E-state index in [1.807, 2.05) is 37.3 Å². The topological polar surface area (TPSA) is 52.6 Å². The maximum absolute atomic E-state index is 12.8. The van der Waals surface area contributed by atoms with Gasteiger partial charge in [0.15, 0.2) is 5.78 Å². The second kappa shape index (κ2) is 11.3. The smallest absolute Gasteiger partial charge is 0.344 e. The molecule has 0 N–H and O–H groups in total.